The van der Waals surface area contributed by atoms with Crippen molar-refractivity contribution >= 4 is 47.0 Å². The van der Waals surface area contributed by atoms with Gasteiger partial charge in [0.25, 0.3) is 0 Å². The second kappa shape index (κ2) is 12.7. The molecule has 1 saturated heterocycles. The van der Waals surface area contributed by atoms with Crippen molar-refractivity contribution in [3.63, 3.8) is 0 Å². The lowest BCUT2D eigenvalue weighted by Gasteiger charge is -2.35. The summed E-state index contributed by atoms with van der Waals surface area (Å²) in [4.78, 5) is 12.9. The molecule has 162 valence electrons. The third kappa shape index (κ3) is 6.84. The molecule has 0 saturated carbocycles. The molecule has 1 aromatic carbocycles. The van der Waals surface area contributed by atoms with E-state index in [1.807, 2.05) is 30.5 Å². The van der Waals surface area contributed by atoms with Crippen LogP contribution in [-0.2, 0) is 12.8 Å². The van der Waals surface area contributed by atoms with Crippen molar-refractivity contribution in [2.24, 2.45) is 4.99 Å². The van der Waals surface area contributed by atoms with E-state index in [4.69, 9.17) is 4.99 Å². The number of anilines is 1. The maximum atomic E-state index is 9.41. The number of para-hydroxylation sites is 1. The first kappa shape index (κ1) is 24.4. The number of hydrogen-bond donors (Lipinski definition) is 2. The maximum absolute atomic E-state index is 9.41. The minimum Gasteiger partial charge on any atom is -0.368 e. The Kier molecular flexibility index (Phi) is 10.4. The fourth-order valence-corrected chi connectivity index (χ4v) is 4.41. The maximum Gasteiger partial charge on any atom is 0.191 e. The van der Waals surface area contributed by atoms with Crippen molar-refractivity contribution in [1.29, 1.82) is 5.26 Å². The minimum absolute atomic E-state index is 0. The summed E-state index contributed by atoms with van der Waals surface area (Å²) in [6.45, 7) is 7.65. The van der Waals surface area contributed by atoms with Gasteiger partial charge in [-0.1, -0.05) is 19.1 Å². The quantitative estimate of drug-likeness (QED) is 0.317. The number of nitrogens with one attached hydrogen (secondary N) is 2. The van der Waals surface area contributed by atoms with Crippen molar-refractivity contribution < 1.29 is 0 Å². The van der Waals surface area contributed by atoms with Crippen molar-refractivity contribution in [1.82, 2.24) is 15.6 Å². The molecule has 1 aliphatic rings. The number of halogens is 1. The van der Waals surface area contributed by atoms with Gasteiger partial charge in [0, 0.05) is 49.7 Å². The van der Waals surface area contributed by atoms with E-state index in [0.29, 0.717) is 6.04 Å². The first-order valence-electron chi connectivity index (χ1n) is 10.5. The molecule has 3 rings (SSSR count). The molecule has 6 nitrogen and oxygen atoms in total. The fourth-order valence-electron chi connectivity index (χ4n) is 3.56. The second-order valence-corrected chi connectivity index (χ2v) is 8.34. The lowest BCUT2D eigenvalue weighted by Crippen LogP contribution is -2.51. The first-order valence-corrected chi connectivity index (χ1v) is 11.3. The number of guanidine groups is 1. The summed E-state index contributed by atoms with van der Waals surface area (Å²) in [6, 6.07) is 10.5. The highest BCUT2D eigenvalue weighted by molar-refractivity contribution is 14.0. The van der Waals surface area contributed by atoms with Gasteiger partial charge in [-0.3, -0.25) is 4.99 Å². The number of hydrogen-bond acceptors (Lipinski definition) is 5. The molecule has 1 fully saturated rings. The predicted octanol–water partition coefficient (Wildman–Crippen LogP) is 3.96. The number of thiazole rings is 1. The van der Waals surface area contributed by atoms with Crippen LogP contribution in [0.15, 0.2) is 35.5 Å². The SMILES string of the molecule is CCNC(=NCCc1ncc(CC)s1)NC1CCCN(c2ccccc2C#N)C1.I. The van der Waals surface area contributed by atoms with Crippen LogP contribution in [0, 0.1) is 11.3 Å². The summed E-state index contributed by atoms with van der Waals surface area (Å²) in [5.41, 5.74) is 1.77. The number of aromatic nitrogens is 1. The Morgan fingerprint density at radius 2 is 2.20 bits per heavy atom. The van der Waals surface area contributed by atoms with E-state index in [9.17, 15) is 5.26 Å². The van der Waals surface area contributed by atoms with Crippen molar-refractivity contribution in [2.45, 2.75) is 45.6 Å². The molecule has 1 aromatic heterocycles. The monoisotopic (exact) mass is 538 g/mol. The zero-order valence-electron chi connectivity index (χ0n) is 17.7. The number of nitriles is 1. The highest BCUT2D eigenvalue weighted by Gasteiger charge is 2.22. The highest BCUT2D eigenvalue weighted by Crippen LogP contribution is 2.23. The minimum atomic E-state index is 0. The molecule has 0 amide bonds. The van der Waals surface area contributed by atoms with Crippen LogP contribution in [0.3, 0.4) is 0 Å². The Morgan fingerprint density at radius 3 is 2.93 bits per heavy atom. The number of aryl methyl sites for hydroxylation is 1. The van der Waals surface area contributed by atoms with Gasteiger partial charge in [-0.2, -0.15) is 5.26 Å². The van der Waals surface area contributed by atoms with E-state index in [0.717, 1.165) is 74.1 Å². The van der Waals surface area contributed by atoms with Crippen LogP contribution >= 0.6 is 35.3 Å². The molecule has 2 N–H and O–H groups in total. The summed E-state index contributed by atoms with van der Waals surface area (Å²) >= 11 is 1.78. The van der Waals surface area contributed by atoms with Crippen LogP contribution in [0.1, 0.15) is 42.1 Å². The van der Waals surface area contributed by atoms with Gasteiger partial charge in [-0.25, -0.2) is 4.98 Å². The second-order valence-electron chi connectivity index (χ2n) is 7.14. The molecule has 1 atom stereocenters. The van der Waals surface area contributed by atoms with Crippen LogP contribution in [-0.4, -0.2) is 43.2 Å². The Labute approximate surface area is 200 Å². The standard InChI is InChI=1S/C22H30N6S.HI/c1-3-19-15-26-21(29-19)11-12-25-22(24-4-2)27-18-9-7-13-28(16-18)20-10-6-5-8-17(20)14-23;/h5-6,8,10,15,18H,3-4,7,9,11-13,16H2,1-2H3,(H2,24,25,27);1H. The molecule has 0 bridgehead atoms. The van der Waals surface area contributed by atoms with E-state index in [1.165, 1.54) is 4.88 Å². The van der Waals surface area contributed by atoms with Gasteiger partial charge in [0.1, 0.15) is 6.07 Å². The van der Waals surface area contributed by atoms with Crippen molar-refractivity contribution in [3.05, 3.63) is 45.9 Å². The summed E-state index contributed by atoms with van der Waals surface area (Å²) in [5.74, 6) is 0.861. The average molecular weight is 539 g/mol. The summed E-state index contributed by atoms with van der Waals surface area (Å²) in [7, 11) is 0. The van der Waals surface area contributed by atoms with Gasteiger partial charge in [-0.05, 0) is 38.3 Å². The first-order chi connectivity index (χ1) is 14.2. The third-order valence-electron chi connectivity index (χ3n) is 5.02. The van der Waals surface area contributed by atoms with Gasteiger partial charge in [0.15, 0.2) is 5.96 Å². The number of aliphatic imine (C=N–C) groups is 1. The van der Waals surface area contributed by atoms with E-state index < -0.39 is 0 Å². The normalized spacial score (nSPS) is 16.5. The van der Waals surface area contributed by atoms with Crippen LogP contribution in [0.5, 0.6) is 0 Å². The van der Waals surface area contributed by atoms with Crippen molar-refractivity contribution in [3.8, 4) is 6.07 Å². The third-order valence-corrected chi connectivity index (χ3v) is 6.22. The molecule has 0 spiro atoms. The molecular weight excluding hydrogens is 507 g/mol. The lowest BCUT2D eigenvalue weighted by molar-refractivity contribution is 0.468. The van der Waals surface area contributed by atoms with Gasteiger partial charge in [0.2, 0.25) is 0 Å². The van der Waals surface area contributed by atoms with Crippen LogP contribution in [0.2, 0.25) is 0 Å². The highest BCUT2D eigenvalue weighted by atomic mass is 127. The van der Waals surface area contributed by atoms with E-state index >= 15 is 0 Å². The number of piperidine rings is 1. The lowest BCUT2D eigenvalue weighted by atomic mass is 10.0. The molecule has 2 heterocycles. The molecule has 30 heavy (non-hydrogen) atoms. The van der Waals surface area contributed by atoms with Gasteiger partial charge in [-0.15, -0.1) is 35.3 Å². The summed E-state index contributed by atoms with van der Waals surface area (Å²) < 4.78 is 0. The number of rotatable bonds is 7. The smallest absolute Gasteiger partial charge is 0.191 e. The molecule has 1 aliphatic heterocycles. The summed E-state index contributed by atoms with van der Waals surface area (Å²) in [5, 5.41) is 17.5. The van der Waals surface area contributed by atoms with Crippen molar-refractivity contribution in [2.75, 3.05) is 31.1 Å². The molecule has 8 heteroatoms. The largest absolute Gasteiger partial charge is 0.368 e. The van der Waals surface area contributed by atoms with E-state index in [2.05, 4.69) is 40.4 Å². The predicted molar refractivity (Wildman–Crippen MR) is 136 cm³/mol. The molecule has 2 aromatic rings. The zero-order valence-corrected chi connectivity index (χ0v) is 20.9. The topological polar surface area (TPSA) is 76.3 Å². The van der Waals surface area contributed by atoms with Gasteiger partial charge >= 0.3 is 0 Å². The van der Waals surface area contributed by atoms with Crippen LogP contribution in [0.25, 0.3) is 0 Å². The Bertz CT molecular complexity index is 859. The van der Waals surface area contributed by atoms with Crippen LogP contribution < -0.4 is 15.5 Å². The number of benzene rings is 1. The molecule has 1 unspecified atom stereocenters. The zero-order chi connectivity index (χ0) is 20.5. The van der Waals surface area contributed by atoms with Gasteiger partial charge < -0.3 is 15.5 Å². The van der Waals surface area contributed by atoms with E-state index in [-0.39, 0.29) is 24.0 Å². The number of nitrogens with zero attached hydrogens (tertiary/aromatic N) is 4. The fraction of sp³-hybridized carbons (Fsp3) is 0.500. The average Bonchev–Trinajstić information content (AvgIpc) is 3.22. The molecule has 0 aliphatic carbocycles. The van der Waals surface area contributed by atoms with E-state index in [1.54, 1.807) is 11.3 Å². The Balaban J connectivity index is 0.00000320. The Morgan fingerprint density at radius 1 is 1.37 bits per heavy atom. The Hall–Kier alpha value is -1.86. The van der Waals surface area contributed by atoms with Gasteiger partial charge in [0.05, 0.1) is 16.3 Å². The summed E-state index contributed by atoms with van der Waals surface area (Å²) in [6.07, 6.45) is 6.08. The molecular formula is C22H31IN6S. The molecule has 0 radical (unpaired) electrons. The van der Waals surface area contributed by atoms with Crippen LogP contribution in [0.4, 0.5) is 5.69 Å².